The van der Waals surface area contributed by atoms with Crippen molar-refractivity contribution in [1.82, 2.24) is 20.4 Å². The van der Waals surface area contributed by atoms with Crippen LogP contribution >= 0.6 is 0 Å². The van der Waals surface area contributed by atoms with Crippen LogP contribution in [0.1, 0.15) is 24.0 Å². The van der Waals surface area contributed by atoms with Crippen LogP contribution in [0.2, 0.25) is 0 Å². The van der Waals surface area contributed by atoms with Gasteiger partial charge in [0.2, 0.25) is 5.91 Å². The SMILES string of the molecule is COCC(=O)NC(Cc1cc(F)cc(F)c1)C(O)CNC1(c2cccc(-n3cccn3)c2)CC1. The summed E-state index contributed by atoms with van der Waals surface area (Å²) in [5.74, 6) is -1.84. The number of methoxy groups -OCH3 is 1. The van der Waals surface area contributed by atoms with Crippen molar-refractivity contribution in [3.05, 3.63) is 83.7 Å². The zero-order valence-electron chi connectivity index (χ0n) is 18.9. The molecule has 1 aromatic heterocycles. The molecule has 1 saturated carbocycles. The van der Waals surface area contributed by atoms with E-state index in [4.69, 9.17) is 4.74 Å². The molecule has 1 heterocycles. The maximum absolute atomic E-state index is 13.7. The van der Waals surface area contributed by atoms with Gasteiger partial charge in [0.15, 0.2) is 0 Å². The Hall–Kier alpha value is -3.14. The van der Waals surface area contributed by atoms with Crippen molar-refractivity contribution in [1.29, 1.82) is 0 Å². The summed E-state index contributed by atoms with van der Waals surface area (Å²) < 4.78 is 34.0. The van der Waals surface area contributed by atoms with E-state index in [0.717, 1.165) is 30.2 Å². The summed E-state index contributed by atoms with van der Waals surface area (Å²) >= 11 is 0. The smallest absolute Gasteiger partial charge is 0.246 e. The van der Waals surface area contributed by atoms with E-state index >= 15 is 0 Å². The molecule has 0 spiro atoms. The van der Waals surface area contributed by atoms with E-state index in [1.54, 1.807) is 10.9 Å². The highest BCUT2D eigenvalue weighted by Crippen LogP contribution is 2.45. The number of carbonyl (C=O) groups is 1. The molecule has 1 aliphatic carbocycles. The van der Waals surface area contributed by atoms with Gasteiger partial charge in [-0.25, -0.2) is 13.5 Å². The highest BCUT2D eigenvalue weighted by Gasteiger charge is 2.44. The van der Waals surface area contributed by atoms with E-state index in [9.17, 15) is 18.7 Å². The average molecular weight is 471 g/mol. The van der Waals surface area contributed by atoms with Crippen molar-refractivity contribution in [2.45, 2.75) is 36.9 Å². The van der Waals surface area contributed by atoms with Gasteiger partial charge in [-0.15, -0.1) is 0 Å². The Morgan fingerprint density at radius 2 is 1.97 bits per heavy atom. The van der Waals surface area contributed by atoms with Crippen LogP contribution in [0.15, 0.2) is 60.9 Å². The van der Waals surface area contributed by atoms with Crippen molar-refractivity contribution in [3.8, 4) is 5.69 Å². The number of rotatable bonds is 11. The summed E-state index contributed by atoms with van der Waals surface area (Å²) in [4.78, 5) is 12.1. The van der Waals surface area contributed by atoms with Crippen molar-refractivity contribution in [2.24, 2.45) is 0 Å². The fraction of sp³-hybridized carbons (Fsp3) is 0.360. The molecule has 7 nitrogen and oxygen atoms in total. The molecule has 0 saturated heterocycles. The Kier molecular flexibility index (Phi) is 7.35. The number of hydrogen-bond donors (Lipinski definition) is 3. The topological polar surface area (TPSA) is 88.4 Å². The van der Waals surface area contributed by atoms with Gasteiger partial charge in [0, 0.05) is 37.7 Å². The summed E-state index contributed by atoms with van der Waals surface area (Å²) in [5.41, 5.74) is 2.08. The van der Waals surface area contributed by atoms with Crippen LogP contribution in [-0.2, 0) is 21.5 Å². The Bertz CT molecular complexity index is 1100. The Labute approximate surface area is 196 Å². The maximum atomic E-state index is 13.7. The molecular weight excluding hydrogens is 442 g/mol. The Balaban J connectivity index is 1.46. The van der Waals surface area contributed by atoms with Gasteiger partial charge in [0.25, 0.3) is 0 Å². The number of hydrogen-bond acceptors (Lipinski definition) is 5. The normalized spacial score (nSPS) is 16.1. The molecule has 0 aliphatic heterocycles. The van der Waals surface area contributed by atoms with Crippen LogP contribution in [0.4, 0.5) is 8.78 Å². The molecule has 1 amide bonds. The van der Waals surface area contributed by atoms with Crippen LogP contribution in [0, 0.1) is 11.6 Å². The second kappa shape index (κ2) is 10.4. The minimum absolute atomic E-state index is 0.0643. The number of halogens is 2. The van der Waals surface area contributed by atoms with Gasteiger partial charge in [-0.3, -0.25) is 4.79 Å². The summed E-state index contributed by atoms with van der Waals surface area (Å²) in [6, 6.07) is 12.3. The number of nitrogens with one attached hydrogen (secondary N) is 2. The van der Waals surface area contributed by atoms with Gasteiger partial charge in [-0.2, -0.15) is 5.10 Å². The highest BCUT2D eigenvalue weighted by atomic mass is 19.1. The van der Waals surface area contributed by atoms with Crippen molar-refractivity contribution < 1.29 is 23.4 Å². The number of carbonyl (C=O) groups excluding carboxylic acids is 1. The van der Waals surface area contributed by atoms with Crippen LogP contribution in [0.3, 0.4) is 0 Å². The first kappa shape index (κ1) is 24.0. The molecule has 2 unspecified atom stereocenters. The number of aliphatic hydroxyl groups is 1. The fourth-order valence-electron chi connectivity index (χ4n) is 4.15. The molecule has 9 heteroatoms. The molecule has 1 fully saturated rings. The summed E-state index contributed by atoms with van der Waals surface area (Å²) in [7, 11) is 1.39. The first-order chi connectivity index (χ1) is 16.4. The molecule has 3 aromatic rings. The number of nitrogens with zero attached hydrogens (tertiary/aromatic N) is 2. The van der Waals surface area contributed by atoms with Gasteiger partial charge in [0.05, 0.1) is 17.8 Å². The standard InChI is InChI=1S/C25H28F2N4O3/c1-34-16-24(33)30-22(12-17-10-19(26)14-20(27)11-17)23(32)15-28-25(6-7-25)18-4-2-5-21(13-18)31-9-3-8-29-31/h2-5,8-11,13-14,22-23,28,32H,6-7,12,15-16H2,1H3,(H,30,33). The minimum atomic E-state index is -1.00. The van der Waals surface area contributed by atoms with Crippen molar-refractivity contribution in [2.75, 3.05) is 20.3 Å². The zero-order chi connectivity index (χ0) is 24.1. The third-order valence-corrected chi connectivity index (χ3v) is 6.03. The van der Waals surface area contributed by atoms with Gasteiger partial charge in [-0.1, -0.05) is 12.1 Å². The van der Waals surface area contributed by atoms with Crippen molar-refractivity contribution in [3.63, 3.8) is 0 Å². The monoisotopic (exact) mass is 470 g/mol. The molecule has 180 valence electrons. The Morgan fingerprint density at radius 1 is 1.21 bits per heavy atom. The molecule has 0 radical (unpaired) electrons. The van der Waals surface area contributed by atoms with E-state index < -0.39 is 29.7 Å². The van der Waals surface area contributed by atoms with Crippen LogP contribution in [0.5, 0.6) is 0 Å². The average Bonchev–Trinajstić information content (AvgIpc) is 3.39. The quantitative estimate of drug-likeness (QED) is 0.401. The minimum Gasteiger partial charge on any atom is -0.390 e. The van der Waals surface area contributed by atoms with Gasteiger partial charge in [-0.05, 0) is 60.7 Å². The van der Waals surface area contributed by atoms with E-state index in [0.29, 0.717) is 5.56 Å². The maximum Gasteiger partial charge on any atom is 0.246 e. The second-order valence-corrected chi connectivity index (χ2v) is 8.62. The first-order valence-corrected chi connectivity index (χ1v) is 11.2. The molecule has 4 rings (SSSR count). The van der Waals surface area contributed by atoms with Crippen LogP contribution < -0.4 is 10.6 Å². The molecule has 1 aliphatic rings. The third kappa shape index (κ3) is 5.85. The molecular formula is C25H28F2N4O3. The lowest BCUT2D eigenvalue weighted by Crippen LogP contribution is -2.50. The Morgan fingerprint density at radius 3 is 2.62 bits per heavy atom. The number of aromatic nitrogens is 2. The van der Waals surface area contributed by atoms with Gasteiger partial charge < -0.3 is 20.5 Å². The summed E-state index contributed by atoms with van der Waals surface area (Å²) in [6.07, 6.45) is 4.46. The molecule has 2 atom stereocenters. The van der Waals surface area contributed by atoms with E-state index in [1.165, 1.54) is 19.2 Å². The van der Waals surface area contributed by atoms with Gasteiger partial charge in [0.1, 0.15) is 18.2 Å². The number of ether oxygens (including phenoxy) is 1. The predicted octanol–water partition coefficient (Wildman–Crippen LogP) is 2.46. The van der Waals surface area contributed by atoms with Crippen LogP contribution in [0.25, 0.3) is 5.69 Å². The highest BCUT2D eigenvalue weighted by molar-refractivity contribution is 5.77. The third-order valence-electron chi connectivity index (χ3n) is 6.03. The van der Waals surface area contributed by atoms with E-state index in [-0.39, 0.29) is 25.1 Å². The lowest BCUT2D eigenvalue weighted by molar-refractivity contribution is -0.126. The molecule has 3 N–H and O–H groups in total. The molecule has 0 bridgehead atoms. The lowest BCUT2D eigenvalue weighted by Gasteiger charge is -2.27. The lowest BCUT2D eigenvalue weighted by atomic mass is 9.99. The van der Waals surface area contributed by atoms with Gasteiger partial charge >= 0.3 is 0 Å². The summed E-state index contributed by atoms with van der Waals surface area (Å²) in [6.45, 7) is 0.0000421. The predicted molar refractivity (Wildman–Crippen MR) is 122 cm³/mol. The molecule has 2 aromatic carbocycles. The van der Waals surface area contributed by atoms with E-state index in [2.05, 4.69) is 21.8 Å². The zero-order valence-corrected chi connectivity index (χ0v) is 18.9. The largest absolute Gasteiger partial charge is 0.390 e. The second-order valence-electron chi connectivity index (χ2n) is 8.62. The number of benzene rings is 2. The number of amides is 1. The summed E-state index contributed by atoms with van der Waals surface area (Å²) in [5, 5.41) is 21.4. The first-order valence-electron chi connectivity index (χ1n) is 11.2. The molecule has 34 heavy (non-hydrogen) atoms. The van der Waals surface area contributed by atoms with Crippen LogP contribution in [-0.4, -0.2) is 53.2 Å². The van der Waals surface area contributed by atoms with E-state index in [1.807, 2.05) is 30.5 Å². The fourth-order valence-corrected chi connectivity index (χ4v) is 4.15. The number of aliphatic hydroxyl groups excluding tert-OH is 1. The van der Waals surface area contributed by atoms with Crippen molar-refractivity contribution >= 4 is 5.91 Å².